The number of nitrogens with zero attached hydrogens (tertiary/aromatic N) is 1. The third-order valence-corrected chi connectivity index (χ3v) is 6.55. The summed E-state index contributed by atoms with van der Waals surface area (Å²) in [4.78, 5) is 27.8. The van der Waals surface area contributed by atoms with E-state index in [9.17, 15) is 14.7 Å². The van der Waals surface area contributed by atoms with Crippen LogP contribution in [-0.4, -0.2) is 16.8 Å². The average Bonchev–Trinajstić information content (AvgIpc) is 2.91. The van der Waals surface area contributed by atoms with E-state index in [0.717, 1.165) is 10.0 Å². The second-order valence-electron chi connectivity index (χ2n) is 7.11. The smallest absolute Gasteiger partial charge is 0.264 e. The second-order valence-corrected chi connectivity index (χ2v) is 9.35. The van der Waals surface area contributed by atoms with Crippen molar-refractivity contribution in [1.29, 1.82) is 0 Å². The van der Waals surface area contributed by atoms with Crippen LogP contribution in [-0.2, 0) is 16.9 Å². The maximum atomic E-state index is 13.4. The van der Waals surface area contributed by atoms with E-state index in [4.69, 9.17) is 11.6 Å². The molecule has 0 saturated heterocycles. The molecule has 1 aliphatic rings. The van der Waals surface area contributed by atoms with Crippen LogP contribution in [0.25, 0.3) is 0 Å². The number of carbonyl (C=O) groups is 2. The molecule has 1 aliphatic heterocycles. The van der Waals surface area contributed by atoms with Gasteiger partial charge >= 0.3 is 0 Å². The number of carbonyl (C=O) groups excluding carboxylic acids is 2. The summed E-state index contributed by atoms with van der Waals surface area (Å²) >= 11 is 13.0. The second kappa shape index (κ2) is 8.27. The number of hydrogen-bond donors (Lipinski definition) is 1. The Hall–Kier alpha value is -1.99. The molecular formula is C23H16Br2ClNO3. The lowest BCUT2D eigenvalue weighted by atomic mass is 9.88. The van der Waals surface area contributed by atoms with Crippen molar-refractivity contribution in [3.63, 3.8) is 0 Å². The molecule has 1 amide bonds. The molecule has 4 nitrogen and oxygen atoms in total. The molecule has 4 rings (SSSR count). The minimum Gasteiger partial charge on any atom is -0.375 e. The lowest BCUT2D eigenvalue weighted by Crippen LogP contribution is -2.41. The Balaban J connectivity index is 1.72. The Morgan fingerprint density at radius 3 is 2.37 bits per heavy atom. The van der Waals surface area contributed by atoms with Crippen molar-refractivity contribution in [2.24, 2.45) is 0 Å². The number of halogens is 3. The highest BCUT2D eigenvalue weighted by atomic mass is 79.9. The number of fused-ring (bicyclic) bond motifs is 1. The molecule has 0 saturated carbocycles. The molecule has 152 valence electrons. The highest BCUT2D eigenvalue weighted by Crippen LogP contribution is 2.45. The van der Waals surface area contributed by atoms with Gasteiger partial charge in [-0.15, -0.1) is 0 Å². The van der Waals surface area contributed by atoms with Crippen LogP contribution in [0.2, 0.25) is 5.02 Å². The molecule has 1 N–H and O–H groups in total. The van der Waals surface area contributed by atoms with Gasteiger partial charge in [0.25, 0.3) is 5.91 Å². The van der Waals surface area contributed by atoms with Crippen LogP contribution in [0.4, 0.5) is 5.69 Å². The van der Waals surface area contributed by atoms with Crippen LogP contribution in [0.15, 0.2) is 75.7 Å². The first-order valence-corrected chi connectivity index (χ1v) is 11.1. The van der Waals surface area contributed by atoms with Gasteiger partial charge in [-0.3, -0.25) is 9.59 Å². The Labute approximate surface area is 195 Å². The van der Waals surface area contributed by atoms with E-state index >= 15 is 0 Å². The van der Waals surface area contributed by atoms with Gasteiger partial charge in [0.05, 0.1) is 18.7 Å². The fourth-order valence-electron chi connectivity index (χ4n) is 3.62. The Bertz CT molecular complexity index is 1150. The van der Waals surface area contributed by atoms with E-state index in [1.807, 2.05) is 18.2 Å². The van der Waals surface area contributed by atoms with Crippen LogP contribution in [0.5, 0.6) is 0 Å². The van der Waals surface area contributed by atoms with E-state index in [1.54, 1.807) is 48.5 Å². The van der Waals surface area contributed by atoms with Gasteiger partial charge in [0.2, 0.25) is 0 Å². The monoisotopic (exact) mass is 547 g/mol. The summed E-state index contributed by atoms with van der Waals surface area (Å²) < 4.78 is 1.55. The first kappa shape index (κ1) is 21.2. The summed E-state index contributed by atoms with van der Waals surface area (Å²) in [6.07, 6.45) is -0.351. The molecular weight excluding hydrogens is 534 g/mol. The lowest BCUT2D eigenvalue weighted by Gasteiger charge is -2.23. The quantitative estimate of drug-likeness (QED) is 0.405. The minimum atomic E-state index is -1.95. The molecule has 0 unspecified atom stereocenters. The molecule has 3 aromatic rings. The molecule has 0 aliphatic carbocycles. The first-order valence-electron chi connectivity index (χ1n) is 9.16. The summed E-state index contributed by atoms with van der Waals surface area (Å²) in [5.74, 6) is -0.857. The van der Waals surface area contributed by atoms with E-state index in [-0.39, 0.29) is 18.7 Å². The third-order valence-electron chi connectivity index (χ3n) is 5.16. The van der Waals surface area contributed by atoms with E-state index in [0.29, 0.717) is 26.3 Å². The Morgan fingerprint density at radius 1 is 1.00 bits per heavy atom. The summed E-state index contributed by atoms with van der Waals surface area (Å²) in [5, 5.41) is 12.0. The van der Waals surface area contributed by atoms with Crippen molar-refractivity contribution < 1.29 is 14.7 Å². The SMILES string of the molecule is O=C(C[C@@]1(O)C(=O)N(Cc2ccccc2Cl)c2ccc(Br)cc21)c1ccc(Br)cc1. The van der Waals surface area contributed by atoms with Crippen molar-refractivity contribution in [2.45, 2.75) is 18.6 Å². The topological polar surface area (TPSA) is 57.6 Å². The Kier molecular flexibility index (Phi) is 5.86. The summed E-state index contributed by atoms with van der Waals surface area (Å²) in [6, 6.07) is 19.3. The molecule has 1 heterocycles. The molecule has 0 fully saturated rings. The lowest BCUT2D eigenvalue weighted by molar-refractivity contribution is -0.136. The van der Waals surface area contributed by atoms with Crippen molar-refractivity contribution in [3.05, 3.63) is 97.4 Å². The number of ketones is 1. The predicted molar refractivity (Wildman–Crippen MR) is 124 cm³/mol. The van der Waals surface area contributed by atoms with Crippen LogP contribution in [0, 0.1) is 0 Å². The largest absolute Gasteiger partial charge is 0.375 e. The van der Waals surface area contributed by atoms with Gasteiger partial charge in [0.1, 0.15) is 0 Å². The van der Waals surface area contributed by atoms with Crippen LogP contribution < -0.4 is 4.90 Å². The third kappa shape index (κ3) is 3.85. The van der Waals surface area contributed by atoms with Crippen molar-refractivity contribution in [2.75, 3.05) is 4.90 Å². The fourth-order valence-corrected chi connectivity index (χ4v) is 4.44. The number of Topliss-reactive ketones (excluding diaryl/α,β-unsaturated/α-hetero) is 1. The van der Waals surface area contributed by atoms with Gasteiger partial charge in [0, 0.05) is 25.1 Å². The highest BCUT2D eigenvalue weighted by Gasteiger charge is 2.51. The number of aliphatic hydroxyl groups is 1. The highest BCUT2D eigenvalue weighted by molar-refractivity contribution is 9.10. The zero-order valence-electron chi connectivity index (χ0n) is 15.6. The zero-order chi connectivity index (χ0) is 21.5. The normalized spacial score (nSPS) is 17.9. The van der Waals surface area contributed by atoms with Crippen LogP contribution >= 0.6 is 43.5 Å². The maximum Gasteiger partial charge on any atom is 0.264 e. The number of benzene rings is 3. The molecule has 3 aromatic carbocycles. The molecule has 30 heavy (non-hydrogen) atoms. The molecule has 0 aromatic heterocycles. The van der Waals surface area contributed by atoms with Crippen LogP contribution in [0.3, 0.4) is 0 Å². The standard InChI is InChI=1S/C23H16Br2ClNO3/c24-16-7-5-14(6-8-16)21(28)12-23(30)18-11-17(25)9-10-20(18)27(22(23)29)13-15-3-1-2-4-19(15)26/h1-11,30H,12-13H2/t23-/m0/s1. The van der Waals surface area contributed by atoms with E-state index in [2.05, 4.69) is 31.9 Å². The van der Waals surface area contributed by atoms with Gasteiger partial charge in [0.15, 0.2) is 11.4 Å². The van der Waals surface area contributed by atoms with Crippen LogP contribution in [0.1, 0.15) is 27.9 Å². The summed E-state index contributed by atoms with van der Waals surface area (Å²) in [5.41, 5.74) is 0.198. The van der Waals surface area contributed by atoms with Crippen molar-refractivity contribution in [1.82, 2.24) is 0 Å². The van der Waals surface area contributed by atoms with Crippen molar-refractivity contribution in [3.8, 4) is 0 Å². The summed E-state index contributed by atoms with van der Waals surface area (Å²) in [7, 11) is 0. The van der Waals surface area contributed by atoms with Gasteiger partial charge < -0.3 is 10.0 Å². The molecule has 7 heteroatoms. The maximum absolute atomic E-state index is 13.4. The number of hydrogen-bond acceptors (Lipinski definition) is 3. The molecule has 0 spiro atoms. The molecule has 0 radical (unpaired) electrons. The van der Waals surface area contributed by atoms with Gasteiger partial charge in [-0.25, -0.2) is 0 Å². The minimum absolute atomic E-state index is 0.196. The van der Waals surface area contributed by atoms with Gasteiger partial charge in [-0.2, -0.15) is 0 Å². The van der Waals surface area contributed by atoms with E-state index in [1.165, 1.54) is 4.90 Å². The molecule has 1 atom stereocenters. The Morgan fingerprint density at radius 2 is 1.67 bits per heavy atom. The molecule has 0 bridgehead atoms. The fraction of sp³-hybridized carbons (Fsp3) is 0.130. The zero-order valence-corrected chi connectivity index (χ0v) is 19.5. The number of amides is 1. The van der Waals surface area contributed by atoms with E-state index < -0.39 is 11.5 Å². The average molecular weight is 550 g/mol. The van der Waals surface area contributed by atoms with Crippen molar-refractivity contribution >= 4 is 60.8 Å². The summed E-state index contributed by atoms with van der Waals surface area (Å²) in [6.45, 7) is 0.196. The van der Waals surface area contributed by atoms with Gasteiger partial charge in [-0.1, -0.05) is 73.8 Å². The first-order chi connectivity index (χ1) is 14.3. The van der Waals surface area contributed by atoms with Gasteiger partial charge in [-0.05, 0) is 42.0 Å². The predicted octanol–water partition coefficient (Wildman–Crippen LogP) is 5.87. The number of rotatable bonds is 5. The number of anilines is 1.